The van der Waals surface area contributed by atoms with Gasteiger partial charge in [-0.2, -0.15) is 0 Å². The lowest BCUT2D eigenvalue weighted by Gasteiger charge is -2.26. The fourth-order valence-electron chi connectivity index (χ4n) is 1.94. The first-order chi connectivity index (χ1) is 9.08. The van der Waals surface area contributed by atoms with E-state index < -0.39 is 11.6 Å². The van der Waals surface area contributed by atoms with Gasteiger partial charge in [-0.25, -0.2) is 9.78 Å². The van der Waals surface area contributed by atoms with Crippen molar-refractivity contribution in [3.8, 4) is 0 Å². The number of rotatable bonds is 5. The van der Waals surface area contributed by atoms with Crippen molar-refractivity contribution in [3.63, 3.8) is 0 Å². The normalized spacial score (nSPS) is 22.4. The number of carbonyl (C=O) groups is 1. The minimum atomic E-state index is -1.08. The largest absolute Gasteiger partial charge is 0.478 e. The predicted octanol–water partition coefficient (Wildman–Crippen LogP) is 1.65. The van der Waals surface area contributed by atoms with Crippen molar-refractivity contribution in [2.24, 2.45) is 0 Å². The van der Waals surface area contributed by atoms with Crippen molar-refractivity contribution in [3.05, 3.63) is 22.8 Å². The highest BCUT2D eigenvalue weighted by atomic mass is 35.5. The number of ether oxygens (including phenoxy) is 2. The lowest BCUT2D eigenvalue weighted by Crippen LogP contribution is -2.39. The number of nitrogens with one attached hydrogen (secondary N) is 1. The van der Waals surface area contributed by atoms with Crippen molar-refractivity contribution >= 4 is 23.4 Å². The Labute approximate surface area is 115 Å². The van der Waals surface area contributed by atoms with Crippen molar-refractivity contribution in [2.75, 3.05) is 32.2 Å². The van der Waals surface area contributed by atoms with Gasteiger partial charge in [-0.3, -0.25) is 0 Å². The first-order valence-corrected chi connectivity index (χ1v) is 6.20. The van der Waals surface area contributed by atoms with Crippen LogP contribution >= 0.6 is 11.6 Å². The molecule has 0 spiro atoms. The van der Waals surface area contributed by atoms with Gasteiger partial charge in [-0.05, 0) is 6.07 Å². The SMILES string of the molecule is COC1(CNc2nccc(C(=O)O)c2Cl)CCOC1. The van der Waals surface area contributed by atoms with E-state index in [1.807, 2.05) is 0 Å². The third-order valence-corrected chi connectivity index (χ3v) is 3.58. The summed E-state index contributed by atoms with van der Waals surface area (Å²) in [5.41, 5.74) is -0.391. The zero-order valence-corrected chi connectivity index (χ0v) is 11.2. The van der Waals surface area contributed by atoms with E-state index in [1.54, 1.807) is 7.11 Å². The van der Waals surface area contributed by atoms with Gasteiger partial charge in [0.05, 0.1) is 17.2 Å². The Kier molecular flexibility index (Phi) is 4.24. The van der Waals surface area contributed by atoms with E-state index in [4.69, 9.17) is 26.2 Å². The van der Waals surface area contributed by atoms with E-state index in [-0.39, 0.29) is 10.6 Å². The second-order valence-corrected chi connectivity index (χ2v) is 4.75. The summed E-state index contributed by atoms with van der Waals surface area (Å²) in [6.07, 6.45) is 2.18. The highest BCUT2D eigenvalue weighted by Crippen LogP contribution is 2.27. The summed E-state index contributed by atoms with van der Waals surface area (Å²) in [6, 6.07) is 1.36. The Bertz CT molecular complexity index is 475. The number of anilines is 1. The summed E-state index contributed by atoms with van der Waals surface area (Å²) in [5, 5.41) is 12.1. The molecule has 1 aliphatic heterocycles. The van der Waals surface area contributed by atoms with Crippen LogP contribution in [-0.4, -0.2) is 48.5 Å². The van der Waals surface area contributed by atoms with Crippen LogP contribution in [0.1, 0.15) is 16.8 Å². The van der Waals surface area contributed by atoms with E-state index in [2.05, 4.69) is 10.3 Å². The monoisotopic (exact) mass is 286 g/mol. The average molecular weight is 287 g/mol. The first-order valence-electron chi connectivity index (χ1n) is 5.82. The number of methoxy groups -OCH3 is 1. The van der Waals surface area contributed by atoms with Gasteiger partial charge < -0.3 is 19.9 Å². The van der Waals surface area contributed by atoms with Crippen LogP contribution in [0.2, 0.25) is 5.02 Å². The average Bonchev–Trinajstić information content (AvgIpc) is 2.87. The highest BCUT2D eigenvalue weighted by molar-refractivity contribution is 6.35. The standard InChI is InChI=1S/C12H15ClN2O4/c1-18-12(3-5-19-7-12)6-15-10-9(13)8(11(16)17)2-4-14-10/h2,4H,3,5-7H2,1H3,(H,14,15)(H,16,17). The van der Waals surface area contributed by atoms with Crippen molar-refractivity contribution in [1.82, 2.24) is 4.98 Å². The third kappa shape index (κ3) is 2.97. The zero-order valence-electron chi connectivity index (χ0n) is 10.5. The first kappa shape index (κ1) is 14.0. The van der Waals surface area contributed by atoms with Crippen molar-refractivity contribution in [1.29, 1.82) is 0 Å². The van der Waals surface area contributed by atoms with Gasteiger partial charge in [-0.15, -0.1) is 0 Å². The van der Waals surface area contributed by atoms with Crippen molar-refractivity contribution < 1.29 is 19.4 Å². The number of hydrogen-bond donors (Lipinski definition) is 2. The van der Waals surface area contributed by atoms with Crippen molar-refractivity contribution in [2.45, 2.75) is 12.0 Å². The summed E-state index contributed by atoms with van der Waals surface area (Å²) < 4.78 is 10.8. The summed E-state index contributed by atoms with van der Waals surface area (Å²) in [4.78, 5) is 15.0. The molecule has 6 nitrogen and oxygen atoms in total. The molecule has 104 valence electrons. The molecule has 2 rings (SSSR count). The number of nitrogens with zero attached hydrogens (tertiary/aromatic N) is 1. The van der Waals surface area contributed by atoms with Gasteiger partial charge in [0.1, 0.15) is 11.4 Å². The van der Waals surface area contributed by atoms with E-state index in [0.717, 1.165) is 6.42 Å². The molecule has 0 amide bonds. The van der Waals surface area contributed by atoms with Crippen LogP contribution in [0.3, 0.4) is 0 Å². The Hall–Kier alpha value is -1.37. The van der Waals surface area contributed by atoms with Gasteiger partial charge in [0, 0.05) is 32.9 Å². The van der Waals surface area contributed by atoms with Crippen LogP contribution in [0.5, 0.6) is 0 Å². The Morgan fingerprint density at radius 2 is 2.53 bits per heavy atom. The number of halogens is 1. The van der Waals surface area contributed by atoms with Gasteiger partial charge in [0.25, 0.3) is 0 Å². The molecule has 0 saturated carbocycles. The summed E-state index contributed by atoms with van der Waals surface area (Å²) in [7, 11) is 1.62. The van der Waals surface area contributed by atoms with E-state index in [9.17, 15) is 4.79 Å². The van der Waals surface area contributed by atoms with E-state index in [0.29, 0.717) is 25.6 Å². The molecule has 1 aromatic heterocycles. The topological polar surface area (TPSA) is 80.7 Å². The summed E-state index contributed by atoms with van der Waals surface area (Å²) in [6.45, 7) is 1.60. The van der Waals surface area contributed by atoms with Gasteiger partial charge >= 0.3 is 5.97 Å². The number of carboxylic acid groups (broad SMARTS) is 1. The number of aromatic carboxylic acids is 1. The molecular formula is C12H15ClN2O4. The lowest BCUT2D eigenvalue weighted by molar-refractivity contribution is -0.00625. The van der Waals surface area contributed by atoms with Crippen LogP contribution in [0, 0.1) is 0 Å². The Morgan fingerprint density at radius 1 is 1.74 bits per heavy atom. The van der Waals surface area contributed by atoms with E-state index in [1.165, 1.54) is 12.3 Å². The molecule has 19 heavy (non-hydrogen) atoms. The number of aromatic nitrogens is 1. The molecule has 1 saturated heterocycles. The van der Waals surface area contributed by atoms with Crippen LogP contribution in [0.4, 0.5) is 5.82 Å². The lowest BCUT2D eigenvalue weighted by atomic mass is 10.0. The molecule has 1 atom stereocenters. The zero-order chi connectivity index (χ0) is 13.9. The van der Waals surface area contributed by atoms with Crippen LogP contribution in [-0.2, 0) is 9.47 Å². The van der Waals surface area contributed by atoms with E-state index >= 15 is 0 Å². The second kappa shape index (κ2) is 5.73. The number of pyridine rings is 1. The third-order valence-electron chi connectivity index (χ3n) is 3.20. The maximum absolute atomic E-state index is 11.0. The quantitative estimate of drug-likeness (QED) is 0.857. The maximum atomic E-state index is 11.0. The molecule has 0 aromatic carbocycles. The van der Waals surface area contributed by atoms with Crippen LogP contribution in [0.25, 0.3) is 0 Å². The molecule has 0 aliphatic carbocycles. The Balaban J connectivity index is 2.11. The summed E-state index contributed by atoms with van der Waals surface area (Å²) >= 11 is 6.00. The fourth-order valence-corrected chi connectivity index (χ4v) is 2.20. The number of carboxylic acids is 1. The molecule has 1 fully saturated rings. The highest BCUT2D eigenvalue weighted by Gasteiger charge is 2.35. The molecule has 1 unspecified atom stereocenters. The molecule has 2 N–H and O–H groups in total. The van der Waals surface area contributed by atoms with Gasteiger partial charge in [0.15, 0.2) is 0 Å². The van der Waals surface area contributed by atoms with Gasteiger partial charge in [0.2, 0.25) is 0 Å². The molecule has 1 aromatic rings. The molecule has 7 heteroatoms. The maximum Gasteiger partial charge on any atom is 0.337 e. The van der Waals surface area contributed by atoms with Gasteiger partial charge in [-0.1, -0.05) is 11.6 Å². The fraction of sp³-hybridized carbons (Fsp3) is 0.500. The smallest absolute Gasteiger partial charge is 0.337 e. The molecule has 0 bridgehead atoms. The van der Waals surface area contributed by atoms with Crippen LogP contribution < -0.4 is 5.32 Å². The molecule has 0 radical (unpaired) electrons. The minimum absolute atomic E-state index is 0.0216. The summed E-state index contributed by atoms with van der Waals surface area (Å²) in [5.74, 6) is -0.744. The molecular weight excluding hydrogens is 272 g/mol. The molecule has 2 heterocycles. The Morgan fingerprint density at radius 3 is 3.11 bits per heavy atom. The minimum Gasteiger partial charge on any atom is -0.478 e. The second-order valence-electron chi connectivity index (χ2n) is 4.37. The predicted molar refractivity (Wildman–Crippen MR) is 69.9 cm³/mol. The van der Waals surface area contributed by atoms with Crippen LogP contribution in [0.15, 0.2) is 12.3 Å². The molecule has 1 aliphatic rings. The number of hydrogen-bond acceptors (Lipinski definition) is 5.